The molecule has 0 radical (unpaired) electrons. The molecule has 0 aliphatic rings. The SMILES string of the molecule is CN=C(NCCc1c(F)cccc1F)NCC(C)Oc1ccccc1OC.I. The van der Waals surface area contributed by atoms with Crippen LogP contribution in [-0.4, -0.2) is 39.3 Å². The highest BCUT2D eigenvalue weighted by atomic mass is 127. The predicted molar refractivity (Wildman–Crippen MR) is 118 cm³/mol. The molecule has 2 rings (SSSR count). The van der Waals surface area contributed by atoms with E-state index in [0.29, 0.717) is 30.5 Å². The lowest BCUT2D eigenvalue weighted by molar-refractivity contribution is 0.213. The Morgan fingerprint density at radius 3 is 2.29 bits per heavy atom. The van der Waals surface area contributed by atoms with Crippen molar-refractivity contribution in [2.45, 2.75) is 19.4 Å². The van der Waals surface area contributed by atoms with Crippen LogP contribution >= 0.6 is 24.0 Å². The summed E-state index contributed by atoms with van der Waals surface area (Å²) in [5.74, 6) is 0.769. The van der Waals surface area contributed by atoms with Crippen LogP contribution in [0.3, 0.4) is 0 Å². The maximum absolute atomic E-state index is 13.6. The number of hydrogen-bond acceptors (Lipinski definition) is 3. The second kappa shape index (κ2) is 12.4. The highest BCUT2D eigenvalue weighted by molar-refractivity contribution is 14.0. The van der Waals surface area contributed by atoms with Gasteiger partial charge in [0.1, 0.15) is 17.7 Å². The molecule has 0 aliphatic carbocycles. The number of aliphatic imine (C=N–C) groups is 1. The summed E-state index contributed by atoms with van der Waals surface area (Å²) < 4.78 is 38.4. The molecule has 2 aromatic carbocycles. The van der Waals surface area contributed by atoms with Gasteiger partial charge in [-0.2, -0.15) is 0 Å². The van der Waals surface area contributed by atoms with Crippen LogP contribution in [0.25, 0.3) is 0 Å². The molecular weight excluding hydrogens is 479 g/mol. The van der Waals surface area contributed by atoms with E-state index in [0.717, 1.165) is 0 Å². The van der Waals surface area contributed by atoms with Crippen LogP contribution in [0.4, 0.5) is 8.78 Å². The van der Waals surface area contributed by atoms with E-state index >= 15 is 0 Å². The Balaban J connectivity index is 0.00000392. The van der Waals surface area contributed by atoms with Crippen LogP contribution in [0.15, 0.2) is 47.5 Å². The van der Waals surface area contributed by atoms with Gasteiger partial charge in [-0.3, -0.25) is 4.99 Å². The average Bonchev–Trinajstić information content (AvgIpc) is 2.67. The van der Waals surface area contributed by atoms with Gasteiger partial charge in [0.25, 0.3) is 0 Å². The molecule has 5 nitrogen and oxygen atoms in total. The maximum atomic E-state index is 13.6. The highest BCUT2D eigenvalue weighted by Crippen LogP contribution is 2.26. The molecule has 0 saturated carbocycles. The average molecular weight is 505 g/mol. The number of halogens is 3. The van der Waals surface area contributed by atoms with E-state index in [4.69, 9.17) is 9.47 Å². The first-order chi connectivity index (χ1) is 13.0. The molecule has 2 N–H and O–H groups in total. The Kier molecular flexibility index (Phi) is 10.6. The molecule has 2 aromatic rings. The molecule has 0 aliphatic heterocycles. The van der Waals surface area contributed by atoms with Crippen LogP contribution in [0.5, 0.6) is 11.5 Å². The largest absolute Gasteiger partial charge is 0.493 e. The van der Waals surface area contributed by atoms with Gasteiger partial charge in [0.15, 0.2) is 17.5 Å². The van der Waals surface area contributed by atoms with Gasteiger partial charge in [-0.25, -0.2) is 8.78 Å². The van der Waals surface area contributed by atoms with Crippen LogP contribution in [0, 0.1) is 11.6 Å². The number of guanidine groups is 1. The normalized spacial score (nSPS) is 12.0. The predicted octanol–water partition coefficient (Wildman–Crippen LogP) is 3.77. The quantitative estimate of drug-likeness (QED) is 0.326. The number of benzene rings is 2. The van der Waals surface area contributed by atoms with Crippen molar-refractivity contribution in [3.05, 3.63) is 59.7 Å². The standard InChI is InChI=1S/C20H25F2N3O2.HI/c1-14(27-19-10-5-4-9-18(19)26-3)13-25-20(23-2)24-12-11-15-16(21)7-6-8-17(15)22;/h4-10,14H,11-13H2,1-3H3,(H2,23,24,25);1H. The van der Waals surface area contributed by atoms with Crippen molar-refractivity contribution in [3.63, 3.8) is 0 Å². The number of para-hydroxylation sites is 2. The zero-order valence-electron chi connectivity index (χ0n) is 16.2. The Labute approximate surface area is 181 Å². The second-order valence-corrected chi connectivity index (χ2v) is 5.91. The van der Waals surface area contributed by atoms with E-state index in [-0.39, 0.29) is 42.1 Å². The molecule has 0 heterocycles. The van der Waals surface area contributed by atoms with Gasteiger partial charge in [0, 0.05) is 19.2 Å². The summed E-state index contributed by atoms with van der Waals surface area (Å²) in [4.78, 5) is 4.10. The van der Waals surface area contributed by atoms with E-state index in [1.165, 1.54) is 18.2 Å². The first-order valence-corrected chi connectivity index (χ1v) is 8.72. The molecule has 0 spiro atoms. The monoisotopic (exact) mass is 505 g/mol. The summed E-state index contributed by atoms with van der Waals surface area (Å²) >= 11 is 0. The van der Waals surface area contributed by atoms with Gasteiger partial charge in [0.2, 0.25) is 0 Å². The summed E-state index contributed by atoms with van der Waals surface area (Å²) in [7, 11) is 3.22. The number of nitrogens with zero attached hydrogens (tertiary/aromatic N) is 1. The highest BCUT2D eigenvalue weighted by Gasteiger charge is 2.10. The second-order valence-electron chi connectivity index (χ2n) is 5.91. The summed E-state index contributed by atoms with van der Waals surface area (Å²) in [6, 6.07) is 11.3. The Bertz CT molecular complexity index is 755. The Morgan fingerprint density at radius 1 is 1.04 bits per heavy atom. The molecule has 0 amide bonds. The number of ether oxygens (including phenoxy) is 2. The molecule has 0 fully saturated rings. The van der Waals surface area contributed by atoms with Gasteiger partial charge in [-0.05, 0) is 37.6 Å². The number of nitrogens with one attached hydrogen (secondary N) is 2. The van der Waals surface area contributed by atoms with Crippen LogP contribution in [0.1, 0.15) is 12.5 Å². The summed E-state index contributed by atoms with van der Waals surface area (Å²) in [6.45, 7) is 2.76. The molecule has 28 heavy (non-hydrogen) atoms. The third-order valence-electron chi connectivity index (χ3n) is 3.91. The molecule has 154 valence electrons. The Morgan fingerprint density at radius 2 is 1.68 bits per heavy atom. The van der Waals surface area contributed by atoms with Gasteiger partial charge in [-0.1, -0.05) is 18.2 Å². The van der Waals surface area contributed by atoms with Crippen LogP contribution in [0.2, 0.25) is 0 Å². The van der Waals surface area contributed by atoms with E-state index in [9.17, 15) is 8.78 Å². The van der Waals surface area contributed by atoms with Crippen molar-refractivity contribution >= 4 is 29.9 Å². The molecule has 1 unspecified atom stereocenters. The molecule has 0 bridgehead atoms. The fourth-order valence-electron chi connectivity index (χ4n) is 2.51. The third kappa shape index (κ3) is 7.14. The number of hydrogen-bond donors (Lipinski definition) is 2. The summed E-state index contributed by atoms with van der Waals surface area (Å²) in [6.07, 6.45) is 0.0656. The minimum Gasteiger partial charge on any atom is -0.493 e. The summed E-state index contributed by atoms with van der Waals surface area (Å²) in [5, 5.41) is 6.17. The van der Waals surface area contributed by atoms with Crippen molar-refractivity contribution in [1.82, 2.24) is 10.6 Å². The van der Waals surface area contributed by atoms with Crippen LogP contribution in [-0.2, 0) is 6.42 Å². The van der Waals surface area contributed by atoms with E-state index in [2.05, 4.69) is 15.6 Å². The molecule has 8 heteroatoms. The lowest BCUT2D eigenvalue weighted by atomic mass is 10.1. The first kappa shape index (κ1) is 23.9. The van der Waals surface area contributed by atoms with E-state index < -0.39 is 11.6 Å². The minimum atomic E-state index is -0.543. The summed E-state index contributed by atoms with van der Waals surface area (Å²) in [5.41, 5.74) is 0.0633. The van der Waals surface area contributed by atoms with Gasteiger partial charge < -0.3 is 20.1 Å². The fraction of sp³-hybridized carbons (Fsp3) is 0.350. The van der Waals surface area contributed by atoms with E-state index in [1.807, 2.05) is 31.2 Å². The third-order valence-corrected chi connectivity index (χ3v) is 3.91. The number of methoxy groups -OCH3 is 1. The minimum absolute atomic E-state index is 0. The lowest BCUT2D eigenvalue weighted by Crippen LogP contribution is -2.42. The lowest BCUT2D eigenvalue weighted by Gasteiger charge is -2.19. The maximum Gasteiger partial charge on any atom is 0.191 e. The van der Waals surface area contributed by atoms with Crippen molar-refractivity contribution in [3.8, 4) is 11.5 Å². The molecule has 0 aromatic heterocycles. The van der Waals surface area contributed by atoms with Crippen LogP contribution < -0.4 is 20.1 Å². The Hall–Kier alpha value is -2.10. The van der Waals surface area contributed by atoms with Gasteiger partial charge >= 0.3 is 0 Å². The molecule has 0 saturated heterocycles. The van der Waals surface area contributed by atoms with Crippen molar-refractivity contribution in [2.24, 2.45) is 4.99 Å². The smallest absolute Gasteiger partial charge is 0.191 e. The first-order valence-electron chi connectivity index (χ1n) is 8.72. The molecule has 1 atom stereocenters. The van der Waals surface area contributed by atoms with E-state index in [1.54, 1.807) is 14.2 Å². The topological polar surface area (TPSA) is 54.9 Å². The van der Waals surface area contributed by atoms with Crippen molar-refractivity contribution in [2.75, 3.05) is 27.2 Å². The van der Waals surface area contributed by atoms with Gasteiger partial charge in [-0.15, -0.1) is 24.0 Å². The zero-order chi connectivity index (χ0) is 19.6. The fourth-order valence-corrected chi connectivity index (χ4v) is 2.51. The molecular formula is C20H26F2IN3O2. The van der Waals surface area contributed by atoms with Crippen molar-refractivity contribution in [1.29, 1.82) is 0 Å². The number of rotatable bonds is 8. The van der Waals surface area contributed by atoms with Gasteiger partial charge in [0.05, 0.1) is 13.7 Å². The zero-order valence-corrected chi connectivity index (χ0v) is 18.5. The van der Waals surface area contributed by atoms with Crippen molar-refractivity contribution < 1.29 is 18.3 Å².